The van der Waals surface area contributed by atoms with Crippen LogP contribution in [0.3, 0.4) is 0 Å². The van der Waals surface area contributed by atoms with E-state index in [1.54, 1.807) is 19.1 Å². The Hall–Kier alpha value is -3.72. The van der Waals surface area contributed by atoms with Crippen LogP contribution in [0, 0.1) is 23.2 Å². The molecule has 2 saturated heterocycles. The van der Waals surface area contributed by atoms with Gasteiger partial charge >= 0.3 is 5.97 Å². The van der Waals surface area contributed by atoms with Gasteiger partial charge < -0.3 is 29.2 Å². The Morgan fingerprint density at radius 2 is 1.89 bits per heavy atom. The molecule has 7 rings (SSSR count). The van der Waals surface area contributed by atoms with Gasteiger partial charge in [0.1, 0.15) is 23.9 Å². The Labute approximate surface area is 269 Å². The van der Waals surface area contributed by atoms with Crippen LogP contribution in [0.5, 0.6) is 11.5 Å². The second kappa shape index (κ2) is 10.7. The summed E-state index contributed by atoms with van der Waals surface area (Å²) < 4.78 is 25.1. The Kier molecular flexibility index (Phi) is 7.16. The number of esters is 1. The highest BCUT2D eigenvalue weighted by molar-refractivity contribution is 6.04. The number of phenols is 1. The highest BCUT2D eigenvalue weighted by atomic mass is 16.8. The number of phenolic OH excluding ortho intramolecular Hbond substituents is 1. The first kappa shape index (κ1) is 30.9. The van der Waals surface area contributed by atoms with E-state index in [1.165, 1.54) is 13.2 Å². The summed E-state index contributed by atoms with van der Waals surface area (Å²) in [5, 5.41) is 22.4. The molecule has 0 radical (unpaired) electrons. The molecule has 8 atom stereocenters. The fourth-order valence-electron chi connectivity index (χ4n) is 9.49. The SMILES string of the molecule is C=C(C)[C@]12C[C@@H](C)[C@@]34CC(Cc5ccccc5)(O[C@@H]1[C@@H]3C=C(COC(=O)Cc1ccc(O)c(OC)c1)C[C@]1(O)C(=O)C(C)=C[C@@H]41)O2. The van der Waals surface area contributed by atoms with Gasteiger partial charge in [0.25, 0.3) is 0 Å². The zero-order valence-corrected chi connectivity index (χ0v) is 26.9. The van der Waals surface area contributed by atoms with Crippen LogP contribution >= 0.6 is 0 Å². The van der Waals surface area contributed by atoms with E-state index in [1.807, 2.05) is 31.2 Å². The monoisotopic (exact) mass is 626 g/mol. The number of aromatic hydroxyl groups is 1. The van der Waals surface area contributed by atoms with E-state index in [2.05, 4.69) is 31.7 Å². The predicted octanol–water partition coefficient (Wildman–Crippen LogP) is 5.41. The fraction of sp³-hybridized carbons (Fsp3) is 0.474. The van der Waals surface area contributed by atoms with Gasteiger partial charge in [-0.15, -0.1) is 0 Å². The van der Waals surface area contributed by atoms with E-state index in [9.17, 15) is 19.8 Å². The molecule has 0 aromatic heterocycles. The average Bonchev–Trinajstić information content (AvgIpc) is 3.32. The molecule has 8 heteroatoms. The number of Topliss-reactive ketones (excluding diaryl/α,β-unsaturated/α-hetero) is 1. The van der Waals surface area contributed by atoms with Crippen molar-refractivity contribution in [3.8, 4) is 11.5 Å². The highest BCUT2D eigenvalue weighted by Gasteiger charge is 2.77. The van der Waals surface area contributed by atoms with Crippen LogP contribution in [0.4, 0.5) is 0 Å². The highest BCUT2D eigenvalue weighted by Crippen LogP contribution is 2.72. The minimum atomic E-state index is -1.68. The van der Waals surface area contributed by atoms with Crippen molar-refractivity contribution in [2.45, 2.75) is 76.0 Å². The third-order valence-corrected chi connectivity index (χ3v) is 11.4. The minimum absolute atomic E-state index is 0.0143. The third-order valence-electron chi connectivity index (χ3n) is 11.4. The lowest BCUT2D eigenvalue weighted by Crippen LogP contribution is -2.65. The summed E-state index contributed by atoms with van der Waals surface area (Å²) >= 11 is 0. The molecule has 8 nitrogen and oxygen atoms in total. The summed E-state index contributed by atoms with van der Waals surface area (Å²) in [6.45, 7) is 10.3. The first-order valence-electron chi connectivity index (χ1n) is 16.1. The quantitative estimate of drug-likeness (QED) is 0.296. The van der Waals surface area contributed by atoms with Crippen molar-refractivity contribution in [3.63, 3.8) is 0 Å². The Morgan fingerprint density at radius 1 is 1.13 bits per heavy atom. The molecule has 1 unspecified atom stereocenters. The summed E-state index contributed by atoms with van der Waals surface area (Å²) in [5.74, 6) is -2.06. The molecule has 0 spiro atoms. The average molecular weight is 627 g/mol. The Bertz CT molecular complexity index is 1680. The van der Waals surface area contributed by atoms with E-state index in [0.717, 1.165) is 11.1 Å². The number of carbonyl (C=O) groups is 2. The normalized spacial score (nSPS) is 37.1. The van der Waals surface area contributed by atoms with Gasteiger partial charge in [-0.2, -0.15) is 0 Å². The molecule has 242 valence electrons. The molecule has 1 saturated carbocycles. The molecule has 3 aliphatic carbocycles. The maximum absolute atomic E-state index is 13.8. The number of hydrogen-bond acceptors (Lipinski definition) is 8. The van der Waals surface area contributed by atoms with Crippen LogP contribution in [-0.2, 0) is 36.6 Å². The molecule has 2 N–H and O–H groups in total. The van der Waals surface area contributed by atoms with Crippen LogP contribution in [0.15, 0.2) is 84.0 Å². The fourth-order valence-corrected chi connectivity index (χ4v) is 9.49. The number of carbonyl (C=O) groups excluding carboxylic acids is 2. The number of rotatable bonds is 8. The second-order valence-electron chi connectivity index (χ2n) is 14.2. The summed E-state index contributed by atoms with van der Waals surface area (Å²) in [7, 11) is 1.45. The van der Waals surface area contributed by atoms with Gasteiger partial charge in [-0.05, 0) is 71.6 Å². The Morgan fingerprint density at radius 3 is 2.61 bits per heavy atom. The molecule has 5 aliphatic rings. The summed E-state index contributed by atoms with van der Waals surface area (Å²) in [6, 6.07) is 14.9. The molecule has 3 fully saturated rings. The lowest BCUT2D eigenvalue weighted by Gasteiger charge is -2.60. The van der Waals surface area contributed by atoms with Crippen molar-refractivity contribution in [2.75, 3.05) is 13.7 Å². The summed E-state index contributed by atoms with van der Waals surface area (Å²) in [6.07, 6.45) is 5.46. The number of fused-ring (bicyclic) bond motifs is 2. The first-order valence-corrected chi connectivity index (χ1v) is 16.1. The number of aliphatic hydroxyl groups is 1. The van der Waals surface area contributed by atoms with Gasteiger partial charge in [-0.1, -0.05) is 62.1 Å². The van der Waals surface area contributed by atoms with Crippen LogP contribution in [0.25, 0.3) is 0 Å². The molecule has 3 bridgehead atoms. The standard InChI is InChI=1S/C38H42O8/c1-22(2)38-17-24(4)36-21-35(46-38,18-25-9-7-6-8-10-25)45-34(38)28(36)14-27(19-37(42)31(36)13-23(3)33(37)41)20-44-32(40)16-26-11-12-29(39)30(15-26)43-5/h6-15,24,28,31,34,39,42H,1,16-21H2,2-5H3/t24-,28+,31+,34-,35?,36+,37-,38-/m1/s1. The topological polar surface area (TPSA) is 112 Å². The third kappa shape index (κ3) is 4.44. The van der Waals surface area contributed by atoms with Crippen molar-refractivity contribution in [1.29, 1.82) is 0 Å². The first-order chi connectivity index (χ1) is 21.9. The van der Waals surface area contributed by atoms with E-state index in [0.29, 0.717) is 36.0 Å². The number of ketones is 1. The maximum Gasteiger partial charge on any atom is 0.310 e. The molecule has 2 aromatic rings. The van der Waals surface area contributed by atoms with Gasteiger partial charge in [-0.25, -0.2) is 0 Å². The molecular weight excluding hydrogens is 584 g/mol. The molecule has 0 amide bonds. The van der Waals surface area contributed by atoms with Crippen LogP contribution < -0.4 is 4.74 Å². The number of hydrogen-bond donors (Lipinski definition) is 2. The van der Waals surface area contributed by atoms with Gasteiger partial charge in [0.05, 0.1) is 13.5 Å². The second-order valence-corrected chi connectivity index (χ2v) is 14.2. The van der Waals surface area contributed by atoms with Crippen LogP contribution in [0.1, 0.15) is 51.2 Å². The lowest BCUT2D eigenvalue weighted by atomic mass is 9.47. The van der Waals surface area contributed by atoms with Crippen molar-refractivity contribution in [3.05, 3.63) is 95.1 Å². The van der Waals surface area contributed by atoms with Crippen molar-refractivity contribution in [1.82, 2.24) is 0 Å². The van der Waals surface area contributed by atoms with Gasteiger partial charge in [0, 0.05) is 31.1 Å². The van der Waals surface area contributed by atoms with E-state index < -0.39 is 34.3 Å². The smallest absolute Gasteiger partial charge is 0.310 e. The maximum atomic E-state index is 13.8. The van der Waals surface area contributed by atoms with Gasteiger partial charge in [-0.3, -0.25) is 9.59 Å². The van der Waals surface area contributed by atoms with Crippen LogP contribution in [0.2, 0.25) is 0 Å². The van der Waals surface area contributed by atoms with Crippen LogP contribution in [-0.4, -0.2) is 58.8 Å². The van der Waals surface area contributed by atoms with E-state index in [-0.39, 0.29) is 54.7 Å². The zero-order valence-electron chi connectivity index (χ0n) is 26.9. The molecule has 46 heavy (non-hydrogen) atoms. The summed E-state index contributed by atoms with van der Waals surface area (Å²) in [5.41, 5.74) is 0.894. The summed E-state index contributed by atoms with van der Waals surface area (Å²) in [4.78, 5) is 26.9. The number of methoxy groups -OCH3 is 1. The van der Waals surface area contributed by atoms with E-state index >= 15 is 0 Å². The molecular formula is C38H42O8. The number of ether oxygens (including phenoxy) is 4. The van der Waals surface area contributed by atoms with E-state index in [4.69, 9.17) is 18.9 Å². The minimum Gasteiger partial charge on any atom is -0.504 e. The van der Waals surface area contributed by atoms with Crippen molar-refractivity contribution in [2.24, 2.45) is 23.2 Å². The van der Waals surface area contributed by atoms with Crippen molar-refractivity contribution < 1.29 is 38.7 Å². The largest absolute Gasteiger partial charge is 0.504 e. The Balaban J connectivity index is 1.27. The van der Waals surface area contributed by atoms with Gasteiger partial charge in [0.15, 0.2) is 23.1 Å². The zero-order chi connectivity index (χ0) is 32.6. The lowest BCUT2D eigenvalue weighted by molar-refractivity contribution is -0.249. The molecule has 2 heterocycles. The number of benzene rings is 2. The van der Waals surface area contributed by atoms with Gasteiger partial charge in [0.2, 0.25) is 0 Å². The molecule has 2 aromatic carbocycles. The molecule has 2 aliphatic heterocycles. The predicted molar refractivity (Wildman–Crippen MR) is 170 cm³/mol. The van der Waals surface area contributed by atoms with Crippen molar-refractivity contribution >= 4 is 11.8 Å².